The van der Waals surface area contributed by atoms with Gasteiger partial charge in [-0.05, 0) is 42.7 Å². The third kappa shape index (κ3) is 7.29. The van der Waals surface area contributed by atoms with Crippen LogP contribution in [0.2, 0.25) is 0 Å². The average molecular weight is 386 g/mol. The number of aryl methyl sites for hydroxylation is 1. The Labute approximate surface area is 177 Å². The SMILES string of the molecule is CCCCCCCc1ccc(Oc2cc([O-])ccc2S(=O)(=O)O)cc1.[Na+]. The minimum atomic E-state index is -4.46. The van der Waals surface area contributed by atoms with E-state index in [4.69, 9.17) is 4.74 Å². The Morgan fingerprint density at radius 1 is 1.00 bits per heavy atom. The van der Waals surface area contributed by atoms with E-state index in [9.17, 15) is 18.1 Å². The first-order valence-corrected chi connectivity index (χ1v) is 9.89. The van der Waals surface area contributed by atoms with Gasteiger partial charge in [0, 0.05) is 0 Å². The molecule has 0 spiro atoms. The molecule has 0 aliphatic rings. The molecule has 136 valence electrons. The summed E-state index contributed by atoms with van der Waals surface area (Å²) in [5, 5.41) is 11.5. The summed E-state index contributed by atoms with van der Waals surface area (Å²) in [4.78, 5) is -0.424. The smallest absolute Gasteiger partial charge is 0.872 e. The molecule has 0 saturated carbocycles. The van der Waals surface area contributed by atoms with Crippen LogP contribution in [0.1, 0.15) is 44.6 Å². The van der Waals surface area contributed by atoms with Crippen molar-refractivity contribution >= 4 is 10.1 Å². The fraction of sp³-hybridized carbons (Fsp3) is 0.368. The first-order chi connectivity index (χ1) is 11.9. The van der Waals surface area contributed by atoms with Gasteiger partial charge in [-0.2, -0.15) is 8.42 Å². The Bertz CT molecular complexity index is 788. The predicted octanol–water partition coefficient (Wildman–Crippen LogP) is 1.32. The van der Waals surface area contributed by atoms with Gasteiger partial charge in [0.1, 0.15) is 16.4 Å². The molecule has 2 rings (SSSR count). The quantitative estimate of drug-likeness (QED) is 0.399. The number of benzene rings is 2. The first kappa shape index (κ1) is 23.0. The fourth-order valence-corrected chi connectivity index (χ4v) is 3.16. The Hall–Kier alpha value is -1.05. The van der Waals surface area contributed by atoms with Gasteiger partial charge in [0.05, 0.1) is 0 Å². The molecular weight excluding hydrogens is 363 g/mol. The molecule has 2 aromatic rings. The maximum absolute atomic E-state index is 11.5. The second-order valence-corrected chi connectivity index (χ2v) is 7.38. The van der Waals surface area contributed by atoms with Gasteiger partial charge >= 0.3 is 29.6 Å². The zero-order valence-electron chi connectivity index (χ0n) is 15.3. The van der Waals surface area contributed by atoms with E-state index in [1.807, 2.05) is 12.1 Å². The first-order valence-electron chi connectivity index (χ1n) is 8.45. The predicted molar refractivity (Wildman–Crippen MR) is 94.7 cm³/mol. The molecule has 0 amide bonds. The van der Waals surface area contributed by atoms with Crippen LogP contribution in [0, 0.1) is 0 Å². The number of hydrogen-bond acceptors (Lipinski definition) is 4. The second-order valence-electron chi connectivity index (χ2n) is 5.99. The van der Waals surface area contributed by atoms with Gasteiger partial charge in [-0.3, -0.25) is 4.55 Å². The van der Waals surface area contributed by atoms with E-state index in [2.05, 4.69) is 6.92 Å². The molecule has 5 nitrogen and oxygen atoms in total. The molecule has 0 radical (unpaired) electrons. The molecule has 0 aliphatic carbocycles. The van der Waals surface area contributed by atoms with Crippen molar-refractivity contribution in [1.29, 1.82) is 0 Å². The average Bonchev–Trinajstić information content (AvgIpc) is 2.55. The standard InChI is InChI=1S/C19H24O5S.Na/c1-2-3-4-5-6-7-15-8-11-17(12-9-15)24-18-14-16(20)10-13-19(18)25(21,22)23;/h8-14,20H,2-7H2,1H3,(H,21,22,23);/q;+1/p-1. The van der Waals surface area contributed by atoms with E-state index in [-0.39, 0.29) is 35.3 Å². The molecule has 0 bridgehead atoms. The van der Waals surface area contributed by atoms with Crippen LogP contribution in [0.5, 0.6) is 17.2 Å². The van der Waals surface area contributed by atoms with Crippen molar-refractivity contribution in [2.24, 2.45) is 0 Å². The van der Waals surface area contributed by atoms with E-state index in [1.165, 1.54) is 31.2 Å². The van der Waals surface area contributed by atoms with E-state index < -0.39 is 20.8 Å². The monoisotopic (exact) mass is 386 g/mol. The molecule has 0 unspecified atom stereocenters. The summed E-state index contributed by atoms with van der Waals surface area (Å²) in [6.07, 6.45) is 7.06. The largest absolute Gasteiger partial charge is 1.00 e. The van der Waals surface area contributed by atoms with E-state index in [0.717, 1.165) is 31.0 Å². The van der Waals surface area contributed by atoms with Crippen LogP contribution in [-0.4, -0.2) is 13.0 Å². The number of rotatable bonds is 9. The number of hydrogen-bond donors (Lipinski definition) is 1. The second kappa shape index (κ2) is 10.9. The van der Waals surface area contributed by atoms with Gasteiger partial charge < -0.3 is 9.84 Å². The zero-order chi connectivity index (χ0) is 18.3. The third-order valence-corrected chi connectivity index (χ3v) is 4.81. The molecule has 1 N–H and O–H groups in total. The van der Waals surface area contributed by atoms with Crippen molar-refractivity contribution < 1.29 is 52.4 Å². The molecule has 2 aromatic carbocycles. The third-order valence-electron chi connectivity index (χ3n) is 3.91. The van der Waals surface area contributed by atoms with Crippen LogP contribution in [0.3, 0.4) is 0 Å². The van der Waals surface area contributed by atoms with E-state index in [0.29, 0.717) is 5.75 Å². The van der Waals surface area contributed by atoms with Gasteiger partial charge in [0.25, 0.3) is 10.1 Å². The Morgan fingerprint density at radius 2 is 1.65 bits per heavy atom. The maximum atomic E-state index is 11.5. The van der Waals surface area contributed by atoms with Crippen LogP contribution in [-0.2, 0) is 16.5 Å². The van der Waals surface area contributed by atoms with E-state index in [1.54, 1.807) is 12.1 Å². The molecule has 0 aliphatic heterocycles. The van der Waals surface area contributed by atoms with Gasteiger partial charge in [-0.1, -0.05) is 50.8 Å². The van der Waals surface area contributed by atoms with Crippen molar-refractivity contribution in [2.45, 2.75) is 50.3 Å². The van der Waals surface area contributed by atoms with Gasteiger partial charge in [-0.15, -0.1) is 5.75 Å². The summed E-state index contributed by atoms with van der Waals surface area (Å²) in [6.45, 7) is 2.19. The minimum absolute atomic E-state index is 0. The van der Waals surface area contributed by atoms with Crippen LogP contribution in [0.15, 0.2) is 47.4 Å². The number of ether oxygens (including phenoxy) is 1. The Morgan fingerprint density at radius 3 is 2.27 bits per heavy atom. The van der Waals surface area contributed by atoms with Crippen LogP contribution < -0.4 is 39.4 Å². The van der Waals surface area contributed by atoms with E-state index >= 15 is 0 Å². The summed E-state index contributed by atoms with van der Waals surface area (Å²) in [7, 11) is -4.46. The van der Waals surface area contributed by atoms with Crippen molar-refractivity contribution in [1.82, 2.24) is 0 Å². The molecule has 0 saturated heterocycles. The van der Waals surface area contributed by atoms with Crippen LogP contribution in [0.25, 0.3) is 0 Å². The minimum Gasteiger partial charge on any atom is -0.872 e. The maximum Gasteiger partial charge on any atom is 1.00 e. The van der Waals surface area contributed by atoms with Crippen molar-refractivity contribution in [3.8, 4) is 17.2 Å². The Balaban J connectivity index is 0.00000338. The zero-order valence-corrected chi connectivity index (χ0v) is 18.1. The molecule has 0 heterocycles. The molecule has 26 heavy (non-hydrogen) atoms. The van der Waals surface area contributed by atoms with Gasteiger partial charge in [-0.25, -0.2) is 0 Å². The molecular formula is C19H23NaO5S. The van der Waals surface area contributed by atoms with Crippen LogP contribution in [0.4, 0.5) is 0 Å². The molecule has 0 atom stereocenters. The van der Waals surface area contributed by atoms with Crippen molar-refractivity contribution in [3.05, 3.63) is 48.0 Å². The summed E-state index contributed by atoms with van der Waals surface area (Å²) < 4.78 is 37.5. The summed E-state index contributed by atoms with van der Waals surface area (Å²) in [5.74, 6) is -0.168. The van der Waals surface area contributed by atoms with Crippen LogP contribution >= 0.6 is 0 Å². The molecule has 0 fully saturated rings. The van der Waals surface area contributed by atoms with Gasteiger partial charge in [0.15, 0.2) is 0 Å². The normalized spacial score (nSPS) is 11.0. The van der Waals surface area contributed by atoms with Crippen molar-refractivity contribution in [3.63, 3.8) is 0 Å². The summed E-state index contributed by atoms with van der Waals surface area (Å²) >= 11 is 0. The Kier molecular flexibility index (Phi) is 9.68. The summed E-state index contributed by atoms with van der Waals surface area (Å²) in [6, 6.07) is 10.5. The van der Waals surface area contributed by atoms with Crippen molar-refractivity contribution in [2.75, 3.05) is 0 Å². The topological polar surface area (TPSA) is 86.7 Å². The molecule has 0 aromatic heterocycles. The summed E-state index contributed by atoms with van der Waals surface area (Å²) in [5.41, 5.74) is 1.18. The molecule has 7 heteroatoms. The number of unbranched alkanes of at least 4 members (excludes halogenated alkanes) is 4. The van der Waals surface area contributed by atoms with Gasteiger partial charge in [0.2, 0.25) is 0 Å². The fourth-order valence-electron chi connectivity index (χ4n) is 2.57.